The second kappa shape index (κ2) is 11.2. The predicted molar refractivity (Wildman–Crippen MR) is 109 cm³/mol. The van der Waals surface area contributed by atoms with Crippen molar-refractivity contribution >= 4 is 29.4 Å². The molecule has 29 heavy (non-hydrogen) atoms. The zero-order valence-corrected chi connectivity index (χ0v) is 16.7. The van der Waals surface area contributed by atoms with Gasteiger partial charge in [-0.3, -0.25) is 9.59 Å². The van der Waals surface area contributed by atoms with Gasteiger partial charge >= 0.3 is 5.97 Å². The van der Waals surface area contributed by atoms with Crippen molar-refractivity contribution in [3.05, 3.63) is 70.7 Å². The number of hydrogen-bond acceptors (Lipinski definition) is 4. The number of aliphatic carboxylic acids is 1. The van der Waals surface area contributed by atoms with Gasteiger partial charge < -0.3 is 20.5 Å². The quantitative estimate of drug-likeness (QED) is 0.550. The van der Waals surface area contributed by atoms with E-state index in [1.807, 2.05) is 6.07 Å². The average Bonchev–Trinajstić information content (AvgIpc) is 2.71. The molecule has 0 saturated heterocycles. The van der Waals surface area contributed by atoms with Gasteiger partial charge in [-0.2, -0.15) is 0 Å². The zero-order valence-electron chi connectivity index (χ0n) is 15.9. The number of carbonyl (C=O) groups excluding carboxylic acids is 2. The highest BCUT2D eigenvalue weighted by Gasteiger charge is 2.24. The van der Waals surface area contributed by atoms with Crippen molar-refractivity contribution in [2.75, 3.05) is 13.7 Å². The molecule has 2 aromatic rings. The fraction of sp³-hybridized carbons (Fsp3) is 0.286. The first kappa shape index (κ1) is 22.4. The number of ether oxygens (including phenoxy) is 1. The lowest BCUT2D eigenvalue weighted by molar-refractivity contribution is -0.142. The van der Waals surface area contributed by atoms with Gasteiger partial charge in [0.2, 0.25) is 5.91 Å². The first-order valence-corrected chi connectivity index (χ1v) is 9.41. The summed E-state index contributed by atoms with van der Waals surface area (Å²) in [5, 5.41) is 14.9. The van der Waals surface area contributed by atoms with Crippen molar-refractivity contribution in [3.8, 4) is 0 Å². The molecule has 0 spiro atoms. The van der Waals surface area contributed by atoms with Crippen LogP contribution in [0.4, 0.5) is 0 Å². The number of hydrogen-bond donors (Lipinski definition) is 3. The highest BCUT2D eigenvalue weighted by atomic mass is 35.5. The van der Waals surface area contributed by atoms with Gasteiger partial charge in [0.25, 0.3) is 5.91 Å². The summed E-state index contributed by atoms with van der Waals surface area (Å²) in [6.07, 6.45) is 0.0104. The molecule has 3 N–H and O–H groups in total. The van der Waals surface area contributed by atoms with E-state index in [0.717, 1.165) is 0 Å². The van der Waals surface area contributed by atoms with E-state index < -0.39 is 29.9 Å². The Morgan fingerprint density at radius 2 is 1.69 bits per heavy atom. The molecule has 0 aromatic heterocycles. The lowest BCUT2D eigenvalue weighted by atomic mass is 10.0. The minimum absolute atomic E-state index is 0.128. The van der Waals surface area contributed by atoms with Gasteiger partial charge in [0, 0.05) is 20.1 Å². The number of carbonyl (C=O) groups is 3. The lowest BCUT2D eigenvalue weighted by Crippen LogP contribution is -2.43. The molecule has 2 atom stereocenters. The van der Waals surface area contributed by atoms with E-state index in [-0.39, 0.29) is 19.4 Å². The number of halogens is 1. The van der Waals surface area contributed by atoms with Crippen molar-refractivity contribution < 1.29 is 24.2 Å². The Labute approximate surface area is 174 Å². The standard InChI is InChI=1S/C21H23ClN2O5/c1-29-12-11-17(21(27)28)23-19(25)13-18(14-7-3-2-4-8-14)24-20(26)15-9-5-6-10-16(15)22/h2-10,17-18H,11-13H2,1H3,(H,23,25)(H,24,26)(H,27,28). The molecular weight excluding hydrogens is 396 g/mol. The Morgan fingerprint density at radius 1 is 1.03 bits per heavy atom. The molecule has 0 saturated carbocycles. The van der Waals surface area contributed by atoms with E-state index >= 15 is 0 Å². The van der Waals surface area contributed by atoms with E-state index in [0.29, 0.717) is 16.1 Å². The average molecular weight is 419 g/mol. The highest BCUT2D eigenvalue weighted by molar-refractivity contribution is 6.33. The minimum Gasteiger partial charge on any atom is -0.480 e. The van der Waals surface area contributed by atoms with E-state index in [1.165, 1.54) is 7.11 Å². The number of nitrogens with one attached hydrogen (secondary N) is 2. The van der Waals surface area contributed by atoms with E-state index in [2.05, 4.69) is 10.6 Å². The van der Waals surface area contributed by atoms with Crippen LogP contribution in [0.1, 0.15) is 34.8 Å². The Balaban J connectivity index is 2.14. The van der Waals surface area contributed by atoms with Gasteiger partial charge in [-0.05, 0) is 17.7 Å². The molecule has 0 bridgehead atoms. The van der Waals surface area contributed by atoms with Crippen molar-refractivity contribution in [1.82, 2.24) is 10.6 Å². The van der Waals surface area contributed by atoms with Gasteiger partial charge in [-0.25, -0.2) is 4.79 Å². The van der Waals surface area contributed by atoms with Crippen LogP contribution in [0, 0.1) is 0 Å². The van der Waals surface area contributed by atoms with Gasteiger partial charge in [-0.1, -0.05) is 54.1 Å². The minimum atomic E-state index is -1.15. The molecule has 2 amide bonds. The molecule has 2 unspecified atom stereocenters. The molecule has 7 nitrogen and oxygen atoms in total. The Kier molecular flexibility index (Phi) is 8.64. The lowest BCUT2D eigenvalue weighted by Gasteiger charge is -2.21. The van der Waals surface area contributed by atoms with Gasteiger partial charge in [-0.15, -0.1) is 0 Å². The van der Waals surface area contributed by atoms with Crippen molar-refractivity contribution in [2.24, 2.45) is 0 Å². The monoisotopic (exact) mass is 418 g/mol. The van der Waals surface area contributed by atoms with Crippen LogP contribution in [0.3, 0.4) is 0 Å². The molecule has 2 aromatic carbocycles. The summed E-state index contributed by atoms with van der Waals surface area (Å²) in [7, 11) is 1.45. The third-order valence-electron chi connectivity index (χ3n) is 4.26. The third-order valence-corrected chi connectivity index (χ3v) is 4.59. The molecule has 2 rings (SSSR count). The largest absolute Gasteiger partial charge is 0.480 e. The predicted octanol–water partition coefficient (Wildman–Crippen LogP) is 2.81. The second-order valence-electron chi connectivity index (χ2n) is 6.36. The number of amides is 2. The summed E-state index contributed by atoms with van der Waals surface area (Å²) >= 11 is 6.09. The van der Waals surface area contributed by atoms with E-state index in [1.54, 1.807) is 48.5 Å². The molecular formula is C21H23ClN2O5. The Bertz CT molecular complexity index is 844. The van der Waals surface area contributed by atoms with E-state index in [9.17, 15) is 19.5 Å². The number of rotatable bonds is 10. The van der Waals surface area contributed by atoms with Gasteiger partial charge in [0.05, 0.1) is 23.0 Å². The molecule has 0 heterocycles. The first-order valence-electron chi connectivity index (χ1n) is 9.03. The summed E-state index contributed by atoms with van der Waals surface area (Å²) in [4.78, 5) is 36.5. The maximum Gasteiger partial charge on any atom is 0.326 e. The SMILES string of the molecule is COCCC(NC(=O)CC(NC(=O)c1ccccc1Cl)c1ccccc1)C(=O)O. The molecule has 0 aliphatic carbocycles. The molecule has 8 heteroatoms. The van der Waals surface area contributed by atoms with E-state index in [4.69, 9.17) is 16.3 Å². The Hall–Kier alpha value is -2.90. The summed E-state index contributed by atoms with van der Waals surface area (Å²) in [5.74, 6) is -2.07. The van der Waals surface area contributed by atoms with Gasteiger partial charge in [0.15, 0.2) is 0 Å². The van der Waals surface area contributed by atoms with Crippen LogP contribution < -0.4 is 10.6 Å². The van der Waals surface area contributed by atoms with Crippen LogP contribution >= 0.6 is 11.6 Å². The third kappa shape index (κ3) is 6.89. The molecule has 0 aliphatic heterocycles. The smallest absolute Gasteiger partial charge is 0.326 e. The molecule has 0 fully saturated rings. The summed E-state index contributed by atoms with van der Waals surface area (Å²) in [5.41, 5.74) is 1.01. The molecule has 0 radical (unpaired) electrons. The van der Waals surface area contributed by atoms with Crippen LogP contribution in [0.25, 0.3) is 0 Å². The van der Waals surface area contributed by atoms with Crippen LogP contribution in [-0.2, 0) is 14.3 Å². The number of carboxylic acid groups (broad SMARTS) is 1. The fourth-order valence-electron chi connectivity index (χ4n) is 2.75. The molecule has 0 aliphatic rings. The number of methoxy groups -OCH3 is 1. The topological polar surface area (TPSA) is 105 Å². The summed E-state index contributed by atoms with van der Waals surface area (Å²) in [6.45, 7) is 0.197. The fourth-order valence-corrected chi connectivity index (χ4v) is 2.97. The van der Waals surface area contributed by atoms with Crippen molar-refractivity contribution in [2.45, 2.75) is 24.9 Å². The summed E-state index contributed by atoms with van der Waals surface area (Å²) < 4.78 is 4.88. The zero-order chi connectivity index (χ0) is 21.2. The number of carboxylic acids is 1. The van der Waals surface area contributed by atoms with Crippen LogP contribution in [0.15, 0.2) is 54.6 Å². The highest BCUT2D eigenvalue weighted by Crippen LogP contribution is 2.20. The number of benzene rings is 2. The first-order chi connectivity index (χ1) is 13.9. The van der Waals surface area contributed by atoms with Crippen LogP contribution in [0.2, 0.25) is 5.02 Å². The van der Waals surface area contributed by atoms with Crippen molar-refractivity contribution in [3.63, 3.8) is 0 Å². The second-order valence-corrected chi connectivity index (χ2v) is 6.77. The van der Waals surface area contributed by atoms with Gasteiger partial charge in [0.1, 0.15) is 6.04 Å². The van der Waals surface area contributed by atoms with Crippen LogP contribution in [0.5, 0.6) is 0 Å². The normalized spacial score (nSPS) is 12.6. The van der Waals surface area contributed by atoms with Crippen LogP contribution in [-0.4, -0.2) is 42.6 Å². The summed E-state index contributed by atoms with van der Waals surface area (Å²) in [6, 6.07) is 13.8. The molecule has 154 valence electrons. The maximum absolute atomic E-state index is 12.7. The Morgan fingerprint density at radius 3 is 2.31 bits per heavy atom. The van der Waals surface area contributed by atoms with Crippen molar-refractivity contribution in [1.29, 1.82) is 0 Å². The maximum atomic E-state index is 12.7.